The number of sulfonamides is 1. The Morgan fingerprint density at radius 2 is 2.10 bits per heavy atom. The van der Waals surface area contributed by atoms with Crippen LogP contribution in [0.3, 0.4) is 0 Å². The number of hydrogen-bond donors (Lipinski definition) is 1. The van der Waals surface area contributed by atoms with Gasteiger partial charge in [-0.05, 0) is 26.2 Å². The van der Waals surface area contributed by atoms with E-state index in [1.807, 2.05) is 19.2 Å². The van der Waals surface area contributed by atoms with Crippen LogP contribution in [0.15, 0.2) is 21.0 Å². The van der Waals surface area contributed by atoms with E-state index in [2.05, 4.69) is 14.9 Å². The molecule has 0 saturated carbocycles. The third-order valence-corrected chi connectivity index (χ3v) is 5.59. The number of nitrogens with zero attached hydrogens (tertiary/aromatic N) is 2. The van der Waals surface area contributed by atoms with Crippen molar-refractivity contribution < 1.29 is 12.9 Å². The zero-order valence-electron chi connectivity index (χ0n) is 12.5. The van der Waals surface area contributed by atoms with Crippen molar-refractivity contribution in [2.45, 2.75) is 45.1 Å². The van der Waals surface area contributed by atoms with E-state index in [0.717, 1.165) is 5.01 Å². The first kappa shape index (κ1) is 16.1. The average Bonchev–Trinajstić information content (AvgIpc) is 2.97. The molecule has 0 amide bonds. The summed E-state index contributed by atoms with van der Waals surface area (Å²) in [4.78, 5) is 4.35. The van der Waals surface area contributed by atoms with Crippen molar-refractivity contribution in [3.8, 4) is 0 Å². The Hall–Kier alpha value is -1.25. The summed E-state index contributed by atoms with van der Waals surface area (Å²) in [7, 11) is -3.69. The molecule has 8 heteroatoms. The van der Waals surface area contributed by atoms with Crippen molar-refractivity contribution in [3.63, 3.8) is 0 Å². The first-order valence-electron chi connectivity index (χ1n) is 6.66. The average molecular weight is 329 g/mol. The van der Waals surface area contributed by atoms with Crippen LogP contribution in [0.2, 0.25) is 0 Å². The lowest BCUT2D eigenvalue weighted by Crippen LogP contribution is -2.30. The minimum absolute atomic E-state index is 0.118. The Balaban J connectivity index is 2.32. The molecule has 0 aliphatic carbocycles. The fraction of sp³-hybridized carbons (Fsp3) is 0.538. The van der Waals surface area contributed by atoms with Crippen molar-refractivity contribution in [1.82, 2.24) is 14.9 Å². The molecule has 116 valence electrons. The molecule has 1 unspecified atom stereocenters. The summed E-state index contributed by atoms with van der Waals surface area (Å²) in [6.45, 7) is 7.30. The predicted molar refractivity (Wildman–Crippen MR) is 80.6 cm³/mol. The van der Waals surface area contributed by atoms with Crippen LogP contribution in [0.5, 0.6) is 0 Å². The molecule has 0 saturated heterocycles. The fourth-order valence-corrected chi connectivity index (χ4v) is 4.50. The third kappa shape index (κ3) is 3.69. The van der Waals surface area contributed by atoms with E-state index in [0.29, 0.717) is 23.8 Å². The monoisotopic (exact) mass is 329 g/mol. The number of aromatic nitrogens is 2. The molecule has 21 heavy (non-hydrogen) atoms. The smallest absolute Gasteiger partial charge is 0.246 e. The zero-order valence-corrected chi connectivity index (χ0v) is 14.1. The minimum Gasteiger partial charge on any atom is -0.360 e. The molecule has 2 aromatic heterocycles. The highest BCUT2D eigenvalue weighted by Crippen LogP contribution is 2.27. The summed E-state index contributed by atoms with van der Waals surface area (Å²) >= 11 is 1.44. The van der Waals surface area contributed by atoms with Gasteiger partial charge in [-0.15, -0.1) is 11.3 Å². The van der Waals surface area contributed by atoms with Gasteiger partial charge in [-0.3, -0.25) is 0 Å². The van der Waals surface area contributed by atoms with Crippen molar-refractivity contribution in [1.29, 1.82) is 0 Å². The topological polar surface area (TPSA) is 85.1 Å². The molecule has 0 aliphatic rings. The van der Waals surface area contributed by atoms with Gasteiger partial charge in [-0.2, -0.15) is 0 Å². The number of thiazole rings is 1. The van der Waals surface area contributed by atoms with Crippen molar-refractivity contribution in [2.75, 3.05) is 0 Å². The standard InChI is InChI=1S/C13H19N3O3S2/c1-8(2)7-11(13-14-5-6-20-13)16-21(17,18)12-9(3)15-19-10(12)4/h5-6,8,11,16H,7H2,1-4H3. The lowest BCUT2D eigenvalue weighted by Gasteiger charge is -2.18. The molecule has 0 aliphatic heterocycles. The van der Waals surface area contributed by atoms with Crippen LogP contribution in [0.25, 0.3) is 0 Å². The van der Waals surface area contributed by atoms with E-state index in [1.165, 1.54) is 11.3 Å². The quantitative estimate of drug-likeness (QED) is 0.881. The molecule has 2 rings (SSSR count). The molecular weight excluding hydrogens is 310 g/mol. The largest absolute Gasteiger partial charge is 0.360 e. The van der Waals surface area contributed by atoms with Crippen LogP contribution in [0, 0.1) is 19.8 Å². The van der Waals surface area contributed by atoms with Crippen LogP contribution >= 0.6 is 11.3 Å². The molecule has 0 fully saturated rings. The number of nitrogens with one attached hydrogen (secondary N) is 1. The third-order valence-electron chi connectivity index (χ3n) is 2.99. The maximum atomic E-state index is 12.6. The molecule has 0 aromatic carbocycles. The summed E-state index contributed by atoms with van der Waals surface area (Å²) in [5.74, 6) is 0.633. The highest BCUT2D eigenvalue weighted by molar-refractivity contribution is 7.89. The van der Waals surface area contributed by atoms with Crippen molar-refractivity contribution in [3.05, 3.63) is 28.0 Å². The van der Waals surface area contributed by atoms with Gasteiger partial charge in [0.25, 0.3) is 0 Å². The van der Waals surface area contributed by atoms with Gasteiger partial charge >= 0.3 is 0 Å². The van der Waals surface area contributed by atoms with E-state index >= 15 is 0 Å². The Morgan fingerprint density at radius 1 is 1.38 bits per heavy atom. The van der Waals surface area contributed by atoms with Gasteiger partial charge in [0.2, 0.25) is 10.0 Å². The first-order valence-corrected chi connectivity index (χ1v) is 9.02. The van der Waals surface area contributed by atoms with E-state index in [1.54, 1.807) is 20.0 Å². The molecule has 0 spiro atoms. The Labute approximate surface area is 128 Å². The van der Waals surface area contributed by atoms with Crippen molar-refractivity contribution >= 4 is 21.4 Å². The second kappa shape index (κ2) is 6.25. The van der Waals surface area contributed by atoms with E-state index in [4.69, 9.17) is 4.52 Å². The zero-order chi connectivity index (χ0) is 15.6. The van der Waals surface area contributed by atoms with Gasteiger partial charge in [-0.1, -0.05) is 19.0 Å². The molecule has 0 bridgehead atoms. The van der Waals surface area contributed by atoms with E-state index < -0.39 is 10.0 Å². The SMILES string of the molecule is Cc1noc(C)c1S(=O)(=O)NC(CC(C)C)c1nccs1. The van der Waals surface area contributed by atoms with Gasteiger partial charge < -0.3 is 4.52 Å². The molecule has 6 nitrogen and oxygen atoms in total. The fourth-order valence-electron chi connectivity index (χ4n) is 2.18. The Morgan fingerprint density at radius 3 is 2.57 bits per heavy atom. The molecular formula is C13H19N3O3S2. The lowest BCUT2D eigenvalue weighted by molar-refractivity contribution is 0.390. The summed E-state index contributed by atoms with van der Waals surface area (Å²) in [5.41, 5.74) is 0.363. The number of aryl methyl sites for hydroxylation is 2. The molecule has 0 radical (unpaired) electrons. The highest BCUT2D eigenvalue weighted by Gasteiger charge is 2.29. The van der Waals surface area contributed by atoms with Crippen LogP contribution in [0.1, 0.15) is 42.8 Å². The maximum Gasteiger partial charge on any atom is 0.246 e. The molecule has 1 atom stereocenters. The number of hydrogen-bond acceptors (Lipinski definition) is 6. The summed E-state index contributed by atoms with van der Waals surface area (Å²) in [5, 5.41) is 6.31. The normalized spacial score (nSPS) is 13.8. The number of rotatable bonds is 6. The van der Waals surface area contributed by atoms with Crippen LogP contribution < -0.4 is 4.72 Å². The van der Waals surface area contributed by atoms with Crippen LogP contribution in [-0.2, 0) is 10.0 Å². The van der Waals surface area contributed by atoms with Gasteiger partial charge in [0.15, 0.2) is 5.76 Å². The predicted octanol–water partition coefficient (Wildman–Crippen LogP) is 2.81. The van der Waals surface area contributed by atoms with Crippen LogP contribution in [-0.4, -0.2) is 18.6 Å². The van der Waals surface area contributed by atoms with Gasteiger partial charge in [0, 0.05) is 11.6 Å². The second-order valence-electron chi connectivity index (χ2n) is 5.33. The Bertz CT molecular complexity index is 671. The summed E-state index contributed by atoms with van der Waals surface area (Å²) in [6.07, 6.45) is 2.35. The molecule has 2 aromatic rings. The highest BCUT2D eigenvalue weighted by atomic mass is 32.2. The van der Waals surface area contributed by atoms with Crippen LogP contribution in [0.4, 0.5) is 0 Å². The summed E-state index contributed by atoms with van der Waals surface area (Å²) in [6, 6.07) is -0.344. The second-order valence-corrected chi connectivity index (χ2v) is 7.90. The molecule has 2 heterocycles. The maximum absolute atomic E-state index is 12.6. The van der Waals surface area contributed by atoms with E-state index in [9.17, 15) is 8.42 Å². The Kier molecular flexibility index (Phi) is 4.80. The van der Waals surface area contributed by atoms with Gasteiger partial charge in [0.1, 0.15) is 15.6 Å². The van der Waals surface area contributed by atoms with Gasteiger partial charge in [-0.25, -0.2) is 18.1 Å². The lowest BCUT2D eigenvalue weighted by atomic mass is 10.1. The van der Waals surface area contributed by atoms with Gasteiger partial charge in [0.05, 0.1) is 6.04 Å². The first-order chi connectivity index (χ1) is 9.81. The molecule has 1 N–H and O–H groups in total. The van der Waals surface area contributed by atoms with Crippen molar-refractivity contribution in [2.24, 2.45) is 5.92 Å². The van der Waals surface area contributed by atoms with E-state index in [-0.39, 0.29) is 10.9 Å². The summed E-state index contributed by atoms with van der Waals surface area (Å²) < 4.78 is 32.9. The minimum atomic E-state index is -3.69.